The highest BCUT2D eigenvalue weighted by Crippen LogP contribution is 2.67. The summed E-state index contributed by atoms with van der Waals surface area (Å²) >= 11 is 0. The van der Waals surface area contributed by atoms with Gasteiger partial charge in [-0.15, -0.1) is 0 Å². The maximum atomic E-state index is 11.4. The molecule has 0 saturated heterocycles. The Bertz CT molecular complexity index is 826. The van der Waals surface area contributed by atoms with Crippen LogP contribution in [-0.4, -0.2) is 22.4 Å². The average molecular weight is 393 g/mol. The molecule has 5 rings (SSSR count). The van der Waals surface area contributed by atoms with Crippen LogP contribution in [0.5, 0.6) is 0 Å². The van der Waals surface area contributed by atoms with E-state index >= 15 is 0 Å². The van der Waals surface area contributed by atoms with E-state index in [-0.39, 0.29) is 23.0 Å². The van der Waals surface area contributed by atoms with E-state index in [2.05, 4.69) is 50.8 Å². The van der Waals surface area contributed by atoms with Gasteiger partial charge < -0.3 is 10.2 Å². The second-order valence-electron chi connectivity index (χ2n) is 11.0. The topological polar surface area (TPSA) is 40.5 Å². The predicted molar refractivity (Wildman–Crippen MR) is 118 cm³/mol. The van der Waals surface area contributed by atoms with Gasteiger partial charge in [0.1, 0.15) is 0 Å². The molecule has 29 heavy (non-hydrogen) atoms. The van der Waals surface area contributed by atoms with Gasteiger partial charge >= 0.3 is 0 Å². The molecule has 0 unspecified atom stereocenters. The van der Waals surface area contributed by atoms with Gasteiger partial charge in [0.25, 0.3) is 0 Å². The van der Waals surface area contributed by atoms with Gasteiger partial charge in [-0.1, -0.05) is 62.4 Å². The Labute approximate surface area is 175 Å². The Morgan fingerprint density at radius 2 is 1.69 bits per heavy atom. The predicted octanol–water partition coefficient (Wildman–Crippen LogP) is 5.61. The Hall–Kier alpha value is -1.38. The van der Waals surface area contributed by atoms with Crippen molar-refractivity contribution in [1.82, 2.24) is 0 Å². The minimum Gasteiger partial charge on any atom is -0.393 e. The molecule has 2 nitrogen and oxygen atoms in total. The molecule has 0 amide bonds. The van der Waals surface area contributed by atoms with Crippen molar-refractivity contribution in [3.63, 3.8) is 0 Å². The van der Waals surface area contributed by atoms with Gasteiger partial charge in [-0.05, 0) is 85.2 Å². The molecule has 156 valence electrons. The van der Waals surface area contributed by atoms with E-state index in [0.29, 0.717) is 23.7 Å². The fraction of sp³-hybridized carbons (Fsp3) is 0.630. The SMILES string of the molecule is C=C1C[C@@H]2[C@H]3C/C(=C\c4ccccc4)[C@@H](O)[C@]3(C)CC[C@H]2[C@]2(C)CC[C@H](O)C[C@@H]12. The number of aliphatic hydroxyl groups is 2. The number of fused-ring (bicyclic) bond motifs is 5. The first-order valence-corrected chi connectivity index (χ1v) is 11.6. The Kier molecular flexibility index (Phi) is 4.60. The number of rotatable bonds is 1. The highest BCUT2D eigenvalue weighted by Gasteiger charge is 2.61. The summed E-state index contributed by atoms with van der Waals surface area (Å²) in [4.78, 5) is 0. The van der Waals surface area contributed by atoms with Crippen LogP contribution in [0.25, 0.3) is 6.08 Å². The van der Waals surface area contributed by atoms with Crippen LogP contribution in [0.2, 0.25) is 0 Å². The van der Waals surface area contributed by atoms with Crippen molar-refractivity contribution in [3.8, 4) is 0 Å². The van der Waals surface area contributed by atoms with Crippen LogP contribution < -0.4 is 0 Å². The van der Waals surface area contributed by atoms with Crippen LogP contribution in [-0.2, 0) is 0 Å². The number of aliphatic hydroxyl groups excluding tert-OH is 2. The second-order valence-corrected chi connectivity index (χ2v) is 11.0. The maximum absolute atomic E-state index is 11.4. The first-order valence-electron chi connectivity index (χ1n) is 11.6. The van der Waals surface area contributed by atoms with E-state index in [9.17, 15) is 10.2 Å². The lowest BCUT2D eigenvalue weighted by molar-refractivity contribution is -0.114. The molecule has 0 spiro atoms. The standard InChI is InChI=1S/C27H36O2/c1-17-13-21-22(26(2)11-9-20(28)16-23(17)26)10-12-27(3)24(21)15-19(25(27)29)14-18-7-5-4-6-8-18/h4-8,14,20-25,28-29H,1,9-13,15-16H2,2-3H3/b19-14+/t20-,21-,22+,23-,24+,25+,26-,27+/m0/s1. The number of allylic oxidation sites excluding steroid dienone is 1. The number of hydrogen-bond donors (Lipinski definition) is 2. The molecule has 4 aliphatic rings. The third-order valence-electron chi connectivity index (χ3n) is 9.62. The van der Waals surface area contributed by atoms with E-state index in [0.717, 1.165) is 38.5 Å². The zero-order chi connectivity index (χ0) is 20.4. The molecule has 2 N–H and O–H groups in total. The maximum Gasteiger partial charge on any atom is 0.0809 e. The fourth-order valence-corrected chi connectivity index (χ4v) is 7.99. The van der Waals surface area contributed by atoms with Crippen LogP contribution in [0.4, 0.5) is 0 Å². The van der Waals surface area contributed by atoms with Gasteiger partial charge in [-0.2, -0.15) is 0 Å². The van der Waals surface area contributed by atoms with Gasteiger partial charge in [-0.25, -0.2) is 0 Å². The van der Waals surface area contributed by atoms with Crippen molar-refractivity contribution < 1.29 is 10.2 Å². The van der Waals surface area contributed by atoms with Gasteiger partial charge in [-0.3, -0.25) is 0 Å². The normalized spacial score (nSPS) is 48.1. The smallest absolute Gasteiger partial charge is 0.0809 e. The molecule has 8 atom stereocenters. The molecule has 1 aromatic carbocycles. The largest absolute Gasteiger partial charge is 0.393 e. The van der Waals surface area contributed by atoms with Crippen LogP contribution >= 0.6 is 0 Å². The van der Waals surface area contributed by atoms with Crippen LogP contribution in [0.15, 0.2) is 48.1 Å². The summed E-state index contributed by atoms with van der Waals surface area (Å²) in [6.45, 7) is 9.35. The monoisotopic (exact) mass is 392 g/mol. The average Bonchev–Trinajstić information content (AvgIpc) is 2.95. The van der Waals surface area contributed by atoms with E-state index in [1.807, 2.05) is 6.07 Å². The highest BCUT2D eigenvalue weighted by atomic mass is 16.3. The van der Waals surface area contributed by atoms with Crippen molar-refractivity contribution >= 4 is 6.08 Å². The molecular weight excluding hydrogens is 356 g/mol. The summed E-state index contributed by atoms with van der Waals surface area (Å²) in [5.74, 6) is 2.33. The van der Waals surface area contributed by atoms with E-state index < -0.39 is 0 Å². The zero-order valence-electron chi connectivity index (χ0n) is 18.0. The fourth-order valence-electron chi connectivity index (χ4n) is 7.99. The molecule has 0 aliphatic heterocycles. The summed E-state index contributed by atoms with van der Waals surface area (Å²) in [6, 6.07) is 10.5. The summed E-state index contributed by atoms with van der Waals surface area (Å²) in [6.07, 6.45) is 9.15. The number of hydrogen-bond acceptors (Lipinski definition) is 2. The summed E-state index contributed by atoms with van der Waals surface area (Å²) in [7, 11) is 0. The molecule has 4 aliphatic carbocycles. The Morgan fingerprint density at radius 1 is 0.966 bits per heavy atom. The quantitative estimate of drug-likeness (QED) is 0.610. The molecule has 4 fully saturated rings. The third kappa shape index (κ3) is 2.90. The lowest BCUT2D eigenvalue weighted by Crippen LogP contribution is -2.55. The lowest BCUT2D eigenvalue weighted by atomic mass is 9.44. The number of benzene rings is 1. The van der Waals surface area contributed by atoms with Crippen molar-refractivity contribution in [2.24, 2.45) is 34.5 Å². The molecule has 0 radical (unpaired) electrons. The molecular formula is C27H36O2. The highest BCUT2D eigenvalue weighted by molar-refractivity contribution is 5.55. The molecule has 1 aromatic rings. The zero-order valence-corrected chi connectivity index (χ0v) is 18.0. The van der Waals surface area contributed by atoms with Gasteiger partial charge in [0.15, 0.2) is 0 Å². The molecule has 0 bridgehead atoms. The van der Waals surface area contributed by atoms with Gasteiger partial charge in [0, 0.05) is 5.41 Å². The molecule has 4 saturated carbocycles. The van der Waals surface area contributed by atoms with E-state index in [1.165, 1.54) is 23.1 Å². The van der Waals surface area contributed by atoms with Crippen molar-refractivity contribution in [3.05, 3.63) is 53.6 Å². The van der Waals surface area contributed by atoms with Crippen molar-refractivity contribution in [2.75, 3.05) is 0 Å². The van der Waals surface area contributed by atoms with E-state index in [4.69, 9.17) is 0 Å². The summed E-state index contributed by atoms with van der Waals surface area (Å²) < 4.78 is 0. The van der Waals surface area contributed by atoms with E-state index in [1.54, 1.807) is 0 Å². The Morgan fingerprint density at radius 3 is 2.45 bits per heavy atom. The summed E-state index contributed by atoms with van der Waals surface area (Å²) in [5, 5.41) is 21.7. The lowest BCUT2D eigenvalue weighted by Gasteiger charge is -2.61. The first-order chi connectivity index (χ1) is 13.8. The minimum atomic E-state index is -0.333. The van der Waals surface area contributed by atoms with Crippen LogP contribution in [0, 0.1) is 34.5 Å². The molecule has 0 aromatic heterocycles. The second kappa shape index (κ2) is 6.82. The summed E-state index contributed by atoms with van der Waals surface area (Å²) in [5.41, 5.74) is 4.05. The molecule has 0 heterocycles. The van der Waals surface area contributed by atoms with Crippen molar-refractivity contribution in [1.29, 1.82) is 0 Å². The Balaban J connectivity index is 1.48. The van der Waals surface area contributed by atoms with Crippen molar-refractivity contribution in [2.45, 2.75) is 71.0 Å². The van der Waals surface area contributed by atoms with Crippen LogP contribution in [0.1, 0.15) is 64.4 Å². The van der Waals surface area contributed by atoms with Gasteiger partial charge in [0.2, 0.25) is 0 Å². The third-order valence-corrected chi connectivity index (χ3v) is 9.62. The minimum absolute atomic E-state index is 0.0144. The van der Waals surface area contributed by atoms with Crippen LogP contribution in [0.3, 0.4) is 0 Å². The molecule has 2 heteroatoms. The van der Waals surface area contributed by atoms with Gasteiger partial charge in [0.05, 0.1) is 12.2 Å². The first kappa shape index (κ1) is 19.6.